The second-order valence-electron chi connectivity index (χ2n) is 7.09. The zero-order chi connectivity index (χ0) is 18.7. The lowest BCUT2D eigenvalue weighted by atomic mass is 10.1. The number of rotatable bonds is 8. The van der Waals surface area contributed by atoms with Gasteiger partial charge in [-0.1, -0.05) is 11.6 Å². The Labute approximate surface area is 179 Å². The fourth-order valence-electron chi connectivity index (χ4n) is 2.80. The van der Waals surface area contributed by atoms with Gasteiger partial charge in [0.05, 0.1) is 17.0 Å². The molecule has 27 heavy (non-hydrogen) atoms. The summed E-state index contributed by atoms with van der Waals surface area (Å²) in [5, 5.41) is 3.94. The highest BCUT2D eigenvalue weighted by molar-refractivity contribution is 7.91. The van der Waals surface area contributed by atoms with Crippen LogP contribution in [0.4, 0.5) is 0 Å². The van der Waals surface area contributed by atoms with Crippen molar-refractivity contribution in [3.8, 4) is 0 Å². The molecule has 0 amide bonds. The van der Waals surface area contributed by atoms with E-state index in [1.165, 1.54) is 0 Å². The summed E-state index contributed by atoms with van der Waals surface area (Å²) in [6.07, 6.45) is 6.35. The van der Waals surface area contributed by atoms with E-state index >= 15 is 0 Å². The molecule has 0 aliphatic heterocycles. The van der Waals surface area contributed by atoms with E-state index in [4.69, 9.17) is 11.6 Å². The third kappa shape index (κ3) is 7.62. The Kier molecular flexibility index (Phi) is 10.4. The maximum Gasteiger partial charge on any atom is 0.180 e. The van der Waals surface area contributed by atoms with Crippen LogP contribution >= 0.6 is 36.4 Å². The quantitative estimate of drug-likeness (QED) is 0.604. The molecule has 2 aromatic rings. The molecule has 2 rings (SSSR count). The molecular formula is C18H28Cl3N3O2S. The van der Waals surface area contributed by atoms with Crippen LogP contribution in [0.3, 0.4) is 0 Å². The predicted molar refractivity (Wildman–Crippen MR) is 116 cm³/mol. The summed E-state index contributed by atoms with van der Waals surface area (Å²) in [4.78, 5) is 4.37. The van der Waals surface area contributed by atoms with Gasteiger partial charge in [-0.2, -0.15) is 0 Å². The first-order valence-electron chi connectivity index (χ1n) is 8.31. The van der Waals surface area contributed by atoms with Crippen LogP contribution in [0.1, 0.15) is 31.4 Å². The van der Waals surface area contributed by atoms with E-state index in [9.17, 15) is 8.42 Å². The van der Waals surface area contributed by atoms with Crippen molar-refractivity contribution in [3.05, 3.63) is 47.0 Å². The number of imidazole rings is 1. The second kappa shape index (κ2) is 10.7. The van der Waals surface area contributed by atoms with Gasteiger partial charge < -0.3 is 9.88 Å². The molecule has 1 aromatic heterocycles. The van der Waals surface area contributed by atoms with E-state index in [1.807, 2.05) is 31.5 Å². The summed E-state index contributed by atoms with van der Waals surface area (Å²) in [6.45, 7) is 9.02. The molecule has 0 unspecified atom stereocenters. The van der Waals surface area contributed by atoms with Gasteiger partial charge in [0.2, 0.25) is 0 Å². The molecule has 0 spiro atoms. The minimum absolute atomic E-state index is 0. The Morgan fingerprint density at radius 1 is 1.19 bits per heavy atom. The molecule has 0 radical (unpaired) electrons. The number of nitrogens with zero attached hydrogens (tertiary/aromatic N) is 2. The van der Waals surface area contributed by atoms with Crippen molar-refractivity contribution < 1.29 is 8.42 Å². The first-order chi connectivity index (χ1) is 11.6. The molecule has 0 fully saturated rings. The highest BCUT2D eigenvalue weighted by Gasteiger charge is 2.28. The molecule has 0 aliphatic rings. The molecular weight excluding hydrogens is 429 g/mol. The van der Waals surface area contributed by atoms with Gasteiger partial charge in [0.1, 0.15) is 0 Å². The van der Waals surface area contributed by atoms with E-state index in [2.05, 4.69) is 10.3 Å². The summed E-state index contributed by atoms with van der Waals surface area (Å²) in [5.41, 5.74) is 0.941. The van der Waals surface area contributed by atoms with Crippen LogP contribution in [0, 0.1) is 13.8 Å². The molecule has 1 heterocycles. The normalized spacial score (nSPS) is 11.6. The average Bonchev–Trinajstić information content (AvgIpc) is 2.99. The maximum atomic E-state index is 12.9. The molecule has 1 aromatic carbocycles. The van der Waals surface area contributed by atoms with Crippen molar-refractivity contribution in [2.75, 3.05) is 12.3 Å². The summed E-state index contributed by atoms with van der Waals surface area (Å²) >= 11 is 6.08. The molecule has 0 saturated carbocycles. The Morgan fingerprint density at radius 3 is 2.44 bits per heavy atom. The number of benzene rings is 1. The van der Waals surface area contributed by atoms with Crippen molar-refractivity contribution in [1.29, 1.82) is 0 Å². The highest BCUT2D eigenvalue weighted by atomic mass is 35.5. The smallest absolute Gasteiger partial charge is 0.180 e. The van der Waals surface area contributed by atoms with Gasteiger partial charge in [0.25, 0.3) is 0 Å². The standard InChI is InChI=1S/C18H26ClN3O2S.2ClH/c1-14-11-17(15(2)10-16(14)19)25(23,24)12-18(3,4)21-6-5-8-22-9-7-20-13-22;;/h7,9-11,13,21H,5-6,8,12H2,1-4H3;2*1H. The molecule has 5 nitrogen and oxygen atoms in total. The lowest BCUT2D eigenvalue weighted by molar-refractivity contribution is 0.412. The third-order valence-electron chi connectivity index (χ3n) is 4.10. The van der Waals surface area contributed by atoms with E-state index in [-0.39, 0.29) is 30.6 Å². The van der Waals surface area contributed by atoms with Crippen molar-refractivity contribution in [2.24, 2.45) is 0 Å². The van der Waals surface area contributed by atoms with E-state index in [0.717, 1.165) is 25.1 Å². The largest absolute Gasteiger partial charge is 0.337 e. The van der Waals surface area contributed by atoms with Gasteiger partial charge in [-0.3, -0.25) is 0 Å². The molecule has 1 N–H and O–H groups in total. The molecule has 154 valence electrons. The number of aromatic nitrogens is 2. The Bertz CT molecular complexity index is 823. The van der Waals surface area contributed by atoms with Crippen molar-refractivity contribution in [2.45, 2.75) is 51.1 Å². The summed E-state index contributed by atoms with van der Waals surface area (Å²) in [6, 6.07) is 3.39. The summed E-state index contributed by atoms with van der Waals surface area (Å²) in [5.74, 6) is 0.0347. The fraction of sp³-hybridized carbons (Fsp3) is 0.500. The Morgan fingerprint density at radius 2 is 1.85 bits per heavy atom. The predicted octanol–water partition coefficient (Wildman–Crippen LogP) is 4.23. The minimum Gasteiger partial charge on any atom is -0.337 e. The first kappa shape index (κ1) is 26.2. The summed E-state index contributed by atoms with van der Waals surface area (Å²) < 4.78 is 27.7. The number of halogens is 3. The zero-order valence-electron chi connectivity index (χ0n) is 16.0. The number of hydrogen-bond acceptors (Lipinski definition) is 4. The van der Waals surface area contributed by atoms with Gasteiger partial charge in [0.15, 0.2) is 9.84 Å². The fourth-order valence-corrected chi connectivity index (χ4v) is 5.13. The third-order valence-corrected chi connectivity index (χ3v) is 6.72. The minimum atomic E-state index is -3.40. The van der Waals surface area contributed by atoms with Crippen LogP contribution in [-0.4, -0.2) is 35.8 Å². The van der Waals surface area contributed by atoms with Crippen LogP contribution in [0.5, 0.6) is 0 Å². The van der Waals surface area contributed by atoms with Crippen LogP contribution < -0.4 is 5.32 Å². The topological polar surface area (TPSA) is 64.0 Å². The average molecular weight is 457 g/mol. The first-order valence-corrected chi connectivity index (χ1v) is 10.3. The maximum absolute atomic E-state index is 12.9. The van der Waals surface area contributed by atoms with Crippen molar-refractivity contribution in [1.82, 2.24) is 14.9 Å². The molecule has 0 bridgehead atoms. The molecule has 0 saturated heterocycles. The van der Waals surface area contributed by atoms with Gasteiger partial charge in [0, 0.05) is 29.5 Å². The van der Waals surface area contributed by atoms with E-state index in [1.54, 1.807) is 31.6 Å². The molecule has 0 aliphatic carbocycles. The van der Waals surface area contributed by atoms with Crippen molar-refractivity contribution >= 4 is 46.3 Å². The SMILES string of the molecule is Cc1cc(S(=O)(=O)CC(C)(C)NCCCn2ccnc2)c(C)cc1Cl.Cl.Cl. The van der Waals surface area contributed by atoms with Crippen LogP contribution in [0.2, 0.25) is 5.02 Å². The lowest BCUT2D eigenvalue weighted by Crippen LogP contribution is -2.45. The van der Waals surface area contributed by atoms with Gasteiger partial charge >= 0.3 is 0 Å². The molecule has 9 heteroatoms. The van der Waals surface area contributed by atoms with Crippen LogP contribution in [0.25, 0.3) is 0 Å². The number of aryl methyl sites for hydroxylation is 3. The van der Waals surface area contributed by atoms with Crippen molar-refractivity contribution in [3.63, 3.8) is 0 Å². The van der Waals surface area contributed by atoms with E-state index in [0.29, 0.717) is 15.5 Å². The second-order valence-corrected chi connectivity index (χ2v) is 9.46. The number of sulfone groups is 1. The van der Waals surface area contributed by atoms with Gasteiger partial charge in [-0.25, -0.2) is 13.4 Å². The van der Waals surface area contributed by atoms with Crippen LogP contribution in [-0.2, 0) is 16.4 Å². The Hall–Kier alpha value is -0.790. The lowest BCUT2D eigenvalue weighted by Gasteiger charge is -2.26. The van der Waals surface area contributed by atoms with E-state index < -0.39 is 15.4 Å². The zero-order valence-corrected chi connectivity index (χ0v) is 19.2. The Balaban J connectivity index is 0.00000338. The van der Waals surface area contributed by atoms with Crippen LogP contribution in [0.15, 0.2) is 35.7 Å². The number of nitrogens with one attached hydrogen (secondary N) is 1. The van der Waals surface area contributed by atoms with Gasteiger partial charge in [-0.05, 0) is 63.9 Å². The number of hydrogen-bond donors (Lipinski definition) is 1. The monoisotopic (exact) mass is 455 g/mol. The molecule has 0 atom stereocenters. The van der Waals surface area contributed by atoms with Gasteiger partial charge in [-0.15, -0.1) is 24.8 Å². The highest BCUT2D eigenvalue weighted by Crippen LogP contribution is 2.26. The summed E-state index contributed by atoms with van der Waals surface area (Å²) in [7, 11) is -3.40.